The van der Waals surface area contributed by atoms with E-state index in [0.29, 0.717) is 51.0 Å². The van der Waals surface area contributed by atoms with E-state index in [1.807, 2.05) is 32.8 Å². The number of likely N-dealkylation sites (tertiary alicyclic amines) is 1. The van der Waals surface area contributed by atoms with Crippen molar-refractivity contribution < 1.29 is 47.9 Å². The van der Waals surface area contributed by atoms with Crippen molar-refractivity contribution in [2.24, 2.45) is 5.92 Å². The van der Waals surface area contributed by atoms with Gasteiger partial charge >= 0.3 is 0 Å². The minimum atomic E-state index is -1.57. The zero-order chi connectivity index (χ0) is 53.5. The summed E-state index contributed by atoms with van der Waals surface area (Å²) in [4.78, 5) is 138. The summed E-state index contributed by atoms with van der Waals surface area (Å²) in [5.41, 5.74) is -4.19. The highest BCUT2D eigenvalue weighted by molar-refractivity contribution is 6.00. The molecule has 0 aliphatic carbocycles. The Bertz CT molecular complexity index is 1970. The summed E-state index contributed by atoms with van der Waals surface area (Å²) in [5.74, 6) is -5.80. The molecular formula is C49H84N12O10. The predicted molar refractivity (Wildman–Crippen MR) is 268 cm³/mol. The third-order valence-electron chi connectivity index (χ3n) is 11.9. The number of unbranched alkanes of at least 4 members (excludes halogenated alkanes) is 5. The Kier molecular flexibility index (Phi) is 25.2. The summed E-state index contributed by atoms with van der Waals surface area (Å²) in [6, 6.07) is 0.458. The zero-order valence-corrected chi connectivity index (χ0v) is 44.0. The highest BCUT2D eigenvalue weighted by Crippen LogP contribution is 2.21. The molecule has 1 aromatic rings. The number of amides is 10. The van der Waals surface area contributed by atoms with Gasteiger partial charge in [-0.2, -0.15) is 0 Å². The Morgan fingerprint density at radius 1 is 0.690 bits per heavy atom. The van der Waals surface area contributed by atoms with Crippen LogP contribution in [0.15, 0.2) is 18.3 Å². The van der Waals surface area contributed by atoms with Crippen molar-refractivity contribution in [1.29, 1.82) is 0 Å². The number of hydrogen-bond donors (Lipinski definition) is 10. The Morgan fingerprint density at radius 3 is 1.94 bits per heavy atom. The molecule has 2 heterocycles. The summed E-state index contributed by atoms with van der Waals surface area (Å²) in [6.45, 7) is 14.9. The molecule has 1 saturated heterocycles. The van der Waals surface area contributed by atoms with Gasteiger partial charge in [0.05, 0.1) is 13.1 Å². The number of nitrogens with one attached hydrogen (secondary N) is 10. The maximum Gasteiger partial charge on any atom is 0.270 e. The number of hydrogen-bond acceptors (Lipinski definition) is 11. The van der Waals surface area contributed by atoms with Gasteiger partial charge in [0.2, 0.25) is 53.2 Å². The molecule has 10 N–H and O–H groups in total. The highest BCUT2D eigenvalue weighted by atomic mass is 16.2. The molecule has 0 aromatic carbocycles. The normalized spacial score (nSPS) is 14.7. The third-order valence-corrected chi connectivity index (χ3v) is 11.9. The molecule has 0 saturated carbocycles. The minimum absolute atomic E-state index is 0.0417. The average Bonchev–Trinajstić information content (AvgIpc) is 4.01. The molecule has 0 radical (unpaired) electrons. The van der Waals surface area contributed by atoms with Gasteiger partial charge in [0.1, 0.15) is 40.4 Å². The van der Waals surface area contributed by atoms with Crippen molar-refractivity contribution >= 4 is 59.1 Å². The fraction of sp³-hybridized carbons (Fsp3) is 0.714. The second-order valence-electron chi connectivity index (χ2n) is 20.5. The first-order chi connectivity index (χ1) is 33.2. The number of aromatic amines is 1. The summed E-state index contributed by atoms with van der Waals surface area (Å²) in [7, 11) is 3.76. The molecule has 0 bridgehead atoms. The van der Waals surface area contributed by atoms with Crippen LogP contribution >= 0.6 is 0 Å². The van der Waals surface area contributed by atoms with Gasteiger partial charge in [-0.3, -0.25) is 47.9 Å². The number of aromatic nitrogens is 1. The molecule has 1 aliphatic rings. The van der Waals surface area contributed by atoms with Crippen molar-refractivity contribution in [3.63, 3.8) is 0 Å². The lowest BCUT2D eigenvalue weighted by molar-refractivity contribution is -0.138. The summed E-state index contributed by atoms with van der Waals surface area (Å²) in [5, 5.41) is 23.7. The summed E-state index contributed by atoms with van der Waals surface area (Å²) in [6.07, 6.45) is 8.89. The van der Waals surface area contributed by atoms with Crippen LogP contribution in [0.2, 0.25) is 0 Å². The largest absolute Gasteiger partial charge is 0.357 e. The topological polar surface area (TPSA) is 301 Å². The Hall–Kier alpha value is -6.06. The number of rotatable bonds is 31. The molecule has 22 heteroatoms. The van der Waals surface area contributed by atoms with E-state index >= 15 is 0 Å². The lowest BCUT2D eigenvalue weighted by Crippen LogP contribution is -2.64. The van der Waals surface area contributed by atoms with Crippen LogP contribution in [0, 0.1) is 5.92 Å². The van der Waals surface area contributed by atoms with Crippen LogP contribution in [0.5, 0.6) is 0 Å². The van der Waals surface area contributed by atoms with Crippen LogP contribution in [0.25, 0.3) is 0 Å². The van der Waals surface area contributed by atoms with Crippen LogP contribution in [0.3, 0.4) is 0 Å². The van der Waals surface area contributed by atoms with Gasteiger partial charge in [-0.15, -0.1) is 0 Å². The molecule has 1 aliphatic heterocycles. The van der Waals surface area contributed by atoms with Crippen molar-refractivity contribution in [2.45, 2.75) is 168 Å². The molecule has 10 amide bonds. The first kappa shape index (κ1) is 61.1. The van der Waals surface area contributed by atoms with Gasteiger partial charge < -0.3 is 62.6 Å². The monoisotopic (exact) mass is 1000 g/mol. The van der Waals surface area contributed by atoms with Gasteiger partial charge in [0.15, 0.2) is 0 Å². The number of likely N-dealkylation sites (N-methyl/N-ethyl adjacent to an activating group) is 1. The number of carbonyl (C=O) groups is 10. The van der Waals surface area contributed by atoms with Gasteiger partial charge in [0.25, 0.3) is 5.91 Å². The van der Waals surface area contributed by atoms with E-state index in [1.54, 1.807) is 18.3 Å². The van der Waals surface area contributed by atoms with Gasteiger partial charge in [0, 0.05) is 38.8 Å². The average molecular weight is 1000 g/mol. The van der Waals surface area contributed by atoms with Crippen molar-refractivity contribution in [1.82, 2.24) is 62.6 Å². The van der Waals surface area contributed by atoms with Crippen LogP contribution in [0.4, 0.5) is 0 Å². The van der Waals surface area contributed by atoms with E-state index in [-0.39, 0.29) is 37.1 Å². The minimum Gasteiger partial charge on any atom is -0.357 e. The van der Waals surface area contributed by atoms with Gasteiger partial charge in [-0.25, -0.2) is 0 Å². The summed E-state index contributed by atoms with van der Waals surface area (Å²) >= 11 is 0. The standard InChI is InChI=1S/C49H84N12O10/c1-12-13-14-15-16-17-20-33(56-42(67)36-22-19-27-61(36)43(68)34-21-18-24-50-34)40(65)53-31-39(64)57-47(4,5)45(70)54-30-38(63)55-35(29-32(2)3)41(66)58-49(8,9)46(71)59-48(6,7)44(69)52-25-23-37(62)51-26-28-60(10)11/h18,21,24,32-33,35-36,50H,12-17,19-20,22-23,25-31H2,1-11H3,(H,51,62)(H,52,69)(H,53,65)(H,54,70)(H,55,63)(H,56,67)(H,57,64)(H,58,66)(H,59,71)/t33-,35-,36-/m0/s1. The first-order valence-electron chi connectivity index (χ1n) is 25.0. The number of H-pyrrole nitrogens is 1. The lowest BCUT2D eigenvalue weighted by Gasteiger charge is -2.33. The first-order valence-corrected chi connectivity index (χ1v) is 25.0. The summed E-state index contributed by atoms with van der Waals surface area (Å²) < 4.78 is 0. The van der Waals surface area contributed by atoms with E-state index in [0.717, 1.165) is 32.1 Å². The van der Waals surface area contributed by atoms with Gasteiger partial charge in [-0.1, -0.05) is 59.3 Å². The molecule has 3 atom stereocenters. The second kappa shape index (κ2) is 29.3. The Balaban J connectivity index is 1.96. The smallest absolute Gasteiger partial charge is 0.270 e. The Morgan fingerprint density at radius 2 is 1.31 bits per heavy atom. The number of carbonyl (C=O) groups excluding carboxylic acids is 10. The fourth-order valence-electron chi connectivity index (χ4n) is 7.60. The number of nitrogens with zero attached hydrogens (tertiary/aromatic N) is 2. The van der Waals surface area contributed by atoms with Crippen LogP contribution in [-0.4, -0.2) is 162 Å². The van der Waals surface area contributed by atoms with E-state index in [4.69, 9.17) is 0 Å². The fourth-order valence-corrected chi connectivity index (χ4v) is 7.60. The molecule has 22 nitrogen and oxygen atoms in total. The van der Waals surface area contributed by atoms with Crippen molar-refractivity contribution in [2.75, 3.05) is 53.4 Å². The van der Waals surface area contributed by atoms with Crippen molar-refractivity contribution in [3.8, 4) is 0 Å². The molecule has 1 fully saturated rings. The SMILES string of the molecule is CCCCCCCC[C@H](NC(=O)[C@@H]1CCCN1C(=O)c1ccc[nH]1)C(=O)NCC(=O)NC(C)(C)C(=O)NCC(=O)N[C@@H](CC(C)C)C(=O)NC(C)(C)C(=O)NC(C)(C)C(=O)NCCC(=O)NCCN(C)C. The Labute approximate surface area is 419 Å². The highest BCUT2D eigenvalue weighted by Gasteiger charge is 2.39. The van der Waals surface area contributed by atoms with Crippen molar-refractivity contribution in [3.05, 3.63) is 24.0 Å². The maximum absolute atomic E-state index is 13.6. The second-order valence-corrected chi connectivity index (χ2v) is 20.5. The molecule has 1 aromatic heterocycles. The van der Waals surface area contributed by atoms with Crippen LogP contribution in [0.1, 0.15) is 143 Å². The van der Waals surface area contributed by atoms with Crippen LogP contribution in [-0.2, 0) is 43.2 Å². The predicted octanol–water partition coefficient (Wildman–Crippen LogP) is 0.486. The van der Waals surface area contributed by atoms with E-state index in [2.05, 4.69) is 59.8 Å². The molecule has 0 spiro atoms. The van der Waals surface area contributed by atoms with Crippen LogP contribution < -0.4 is 47.9 Å². The van der Waals surface area contributed by atoms with Gasteiger partial charge in [-0.05, 0) is 99.4 Å². The third kappa shape index (κ3) is 21.9. The lowest BCUT2D eigenvalue weighted by atomic mass is 9.97. The molecule has 400 valence electrons. The maximum atomic E-state index is 13.6. The molecule has 71 heavy (non-hydrogen) atoms. The molecular weight excluding hydrogens is 917 g/mol. The van der Waals surface area contributed by atoms with E-state index in [9.17, 15) is 47.9 Å². The zero-order valence-electron chi connectivity index (χ0n) is 44.0. The quantitative estimate of drug-likeness (QED) is 0.0457. The molecule has 2 rings (SSSR count). The van der Waals surface area contributed by atoms with E-state index in [1.165, 1.54) is 46.4 Å². The molecule has 0 unspecified atom stereocenters. The van der Waals surface area contributed by atoms with E-state index < -0.39 is 95.1 Å².